The monoisotopic (exact) mass is 322 g/mol. The number of nitrogens with zero attached hydrogens (tertiary/aromatic N) is 1. The van der Waals surface area contributed by atoms with Crippen molar-refractivity contribution < 1.29 is 9.90 Å². The molecule has 1 heterocycles. The van der Waals surface area contributed by atoms with Gasteiger partial charge in [0, 0.05) is 47.7 Å². The second-order valence-electron chi connectivity index (χ2n) is 4.91. The lowest BCUT2D eigenvalue weighted by atomic mass is 10.0. The fourth-order valence-electron chi connectivity index (χ4n) is 2.06. The first-order valence-electron chi connectivity index (χ1n) is 7.23. The zero-order chi connectivity index (χ0) is 17.4. The Morgan fingerprint density at radius 3 is 2.67 bits per heavy atom. The maximum absolute atomic E-state index is 12.0. The minimum absolute atomic E-state index is 0.0398. The van der Waals surface area contributed by atoms with E-state index in [0.29, 0.717) is 16.8 Å². The molecule has 0 aliphatic carbocycles. The number of hydrogen-bond donors (Lipinski definition) is 4. The third-order valence-electron chi connectivity index (χ3n) is 3.32. The molecule has 5 N–H and O–H groups in total. The van der Waals surface area contributed by atoms with Gasteiger partial charge >= 0.3 is 0 Å². The van der Waals surface area contributed by atoms with Crippen LogP contribution in [0.15, 0.2) is 55.0 Å². The Morgan fingerprint density at radius 2 is 2.04 bits per heavy atom. The number of nitrogens with two attached hydrogens (primary N) is 1. The first-order chi connectivity index (χ1) is 11.7. The summed E-state index contributed by atoms with van der Waals surface area (Å²) in [6.07, 6.45) is 8.69. The van der Waals surface area contributed by atoms with E-state index in [2.05, 4.69) is 10.3 Å². The van der Waals surface area contributed by atoms with Crippen molar-refractivity contribution in [3.63, 3.8) is 0 Å². The van der Waals surface area contributed by atoms with Gasteiger partial charge in [-0.25, -0.2) is 0 Å². The van der Waals surface area contributed by atoms with Gasteiger partial charge in [0.05, 0.1) is 6.61 Å². The van der Waals surface area contributed by atoms with Crippen LogP contribution in [-0.2, 0) is 11.4 Å². The van der Waals surface area contributed by atoms with Crippen molar-refractivity contribution in [1.82, 2.24) is 4.98 Å². The summed E-state index contributed by atoms with van der Waals surface area (Å²) < 4.78 is 0. The van der Waals surface area contributed by atoms with Gasteiger partial charge in [-0.2, -0.15) is 0 Å². The Kier molecular flexibility index (Phi) is 5.99. The van der Waals surface area contributed by atoms with Gasteiger partial charge in [-0.05, 0) is 35.4 Å². The number of carbonyl (C=O) groups is 1. The third-order valence-corrected chi connectivity index (χ3v) is 3.32. The molecule has 0 atom stereocenters. The van der Waals surface area contributed by atoms with E-state index in [-0.39, 0.29) is 12.5 Å². The molecule has 2 aromatic rings. The highest BCUT2D eigenvalue weighted by molar-refractivity contribution is 6.10. The summed E-state index contributed by atoms with van der Waals surface area (Å²) in [5.41, 5.74) is 8.86. The number of anilines is 1. The normalized spacial score (nSPS) is 11.5. The molecule has 0 saturated carbocycles. The number of nitrogens with one attached hydrogen (secondary N) is 2. The van der Waals surface area contributed by atoms with Crippen LogP contribution in [0.3, 0.4) is 0 Å². The fraction of sp³-hybridized carbons (Fsp3) is 0.0556. The van der Waals surface area contributed by atoms with Crippen LogP contribution in [0.25, 0.3) is 11.6 Å². The summed E-state index contributed by atoms with van der Waals surface area (Å²) in [7, 11) is 0. The lowest BCUT2D eigenvalue weighted by Gasteiger charge is -2.05. The van der Waals surface area contributed by atoms with E-state index < -0.39 is 0 Å². The van der Waals surface area contributed by atoms with Gasteiger partial charge in [0.25, 0.3) is 0 Å². The summed E-state index contributed by atoms with van der Waals surface area (Å²) in [6.45, 7) is -0.0398. The molecule has 0 aliphatic rings. The number of hydrogen-bond acceptors (Lipinski definition) is 5. The summed E-state index contributed by atoms with van der Waals surface area (Å²) in [4.78, 5) is 16.0. The maximum atomic E-state index is 12.0. The van der Waals surface area contributed by atoms with Crippen LogP contribution in [0.1, 0.15) is 16.7 Å². The molecule has 0 spiro atoms. The number of rotatable bonds is 6. The molecule has 0 fully saturated rings. The van der Waals surface area contributed by atoms with Gasteiger partial charge < -0.3 is 21.6 Å². The van der Waals surface area contributed by atoms with Crippen molar-refractivity contribution >= 4 is 29.5 Å². The first kappa shape index (κ1) is 17.1. The summed E-state index contributed by atoms with van der Waals surface area (Å²) in [6, 6.07) is 8.64. The second kappa shape index (κ2) is 8.40. The SMILES string of the molecule is N=C/C(=C\N)c1ccncc1/C=C/C(=O)Nc1ccc(CO)cc1. The maximum Gasteiger partial charge on any atom is 0.248 e. The number of aliphatic hydroxyl groups is 1. The Morgan fingerprint density at radius 1 is 1.29 bits per heavy atom. The summed E-state index contributed by atoms with van der Waals surface area (Å²) in [5, 5.41) is 19.1. The van der Waals surface area contributed by atoms with Crippen LogP contribution in [0.5, 0.6) is 0 Å². The van der Waals surface area contributed by atoms with Crippen molar-refractivity contribution in [2.24, 2.45) is 5.73 Å². The van der Waals surface area contributed by atoms with Gasteiger partial charge in [-0.15, -0.1) is 0 Å². The van der Waals surface area contributed by atoms with E-state index in [1.807, 2.05) is 0 Å². The van der Waals surface area contributed by atoms with Crippen molar-refractivity contribution in [2.45, 2.75) is 6.61 Å². The predicted molar refractivity (Wildman–Crippen MR) is 95.2 cm³/mol. The van der Waals surface area contributed by atoms with E-state index in [4.69, 9.17) is 16.2 Å². The minimum atomic E-state index is -0.297. The zero-order valence-corrected chi connectivity index (χ0v) is 12.9. The second-order valence-corrected chi connectivity index (χ2v) is 4.91. The molecule has 6 nitrogen and oxygen atoms in total. The van der Waals surface area contributed by atoms with E-state index in [1.54, 1.807) is 48.8 Å². The highest BCUT2D eigenvalue weighted by atomic mass is 16.3. The van der Waals surface area contributed by atoms with E-state index in [0.717, 1.165) is 17.3 Å². The molecule has 2 rings (SSSR count). The van der Waals surface area contributed by atoms with Crippen LogP contribution >= 0.6 is 0 Å². The quantitative estimate of drug-likeness (QED) is 0.482. The van der Waals surface area contributed by atoms with Crippen molar-refractivity contribution in [1.29, 1.82) is 5.41 Å². The molecular weight excluding hydrogens is 304 g/mol. The molecule has 122 valence electrons. The van der Waals surface area contributed by atoms with Crippen molar-refractivity contribution in [3.8, 4) is 0 Å². The van der Waals surface area contributed by atoms with Crippen LogP contribution in [0.4, 0.5) is 5.69 Å². The van der Waals surface area contributed by atoms with Gasteiger partial charge in [-0.3, -0.25) is 9.78 Å². The van der Waals surface area contributed by atoms with E-state index in [9.17, 15) is 4.79 Å². The molecule has 1 aromatic carbocycles. The van der Waals surface area contributed by atoms with Crippen molar-refractivity contribution in [2.75, 3.05) is 5.32 Å². The molecular formula is C18H18N4O2. The Balaban J connectivity index is 2.12. The van der Waals surface area contributed by atoms with Crippen LogP contribution < -0.4 is 11.1 Å². The molecule has 0 unspecified atom stereocenters. The van der Waals surface area contributed by atoms with Gasteiger partial charge in [-0.1, -0.05) is 12.1 Å². The highest BCUT2D eigenvalue weighted by Gasteiger charge is 2.04. The number of benzene rings is 1. The number of aliphatic hydroxyl groups excluding tert-OH is 1. The van der Waals surface area contributed by atoms with Crippen molar-refractivity contribution in [3.05, 3.63) is 71.7 Å². The molecule has 0 aliphatic heterocycles. The van der Waals surface area contributed by atoms with Crippen LogP contribution in [0, 0.1) is 5.41 Å². The standard InChI is InChI=1S/C18H18N4O2/c19-9-15(10-20)17-7-8-21-11-14(17)3-6-18(24)22-16-4-1-13(12-23)2-5-16/h1-11,19,23H,12,20H2,(H,22,24)/b6-3+,15-10+,19-9?. The topological polar surface area (TPSA) is 112 Å². The number of allylic oxidation sites excluding steroid dienone is 1. The Hall–Kier alpha value is -3.25. The number of pyridine rings is 1. The first-order valence-corrected chi connectivity index (χ1v) is 7.23. The average molecular weight is 322 g/mol. The molecule has 0 radical (unpaired) electrons. The molecule has 0 saturated heterocycles. The molecule has 24 heavy (non-hydrogen) atoms. The highest BCUT2D eigenvalue weighted by Crippen LogP contribution is 2.17. The molecule has 6 heteroatoms. The predicted octanol–water partition coefficient (Wildman–Crippen LogP) is 2.17. The van der Waals surface area contributed by atoms with Gasteiger partial charge in [0.1, 0.15) is 0 Å². The van der Waals surface area contributed by atoms with E-state index in [1.165, 1.54) is 12.3 Å². The summed E-state index contributed by atoms with van der Waals surface area (Å²) in [5.74, 6) is -0.297. The zero-order valence-electron chi connectivity index (χ0n) is 12.9. The number of aromatic nitrogens is 1. The molecule has 1 amide bonds. The van der Waals surface area contributed by atoms with E-state index >= 15 is 0 Å². The minimum Gasteiger partial charge on any atom is -0.404 e. The van der Waals surface area contributed by atoms with Crippen LogP contribution in [0.2, 0.25) is 0 Å². The Labute approximate surface area is 139 Å². The Bertz CT molecular complexity index is 780. The number of carbonyl (C=O) groups excluding carboxylic acids is 1. The third kappa shape index (κ3) is 4.37. The summed E-state index contributed by atoms with van der Waals surface area (Å²) >= 11 is 0. The lowest BCUT2D eigenvalue weighted by Crippen LogP contribution is -2.07. The lowest BCUT2D eigenvalue weighted by molar-refractivity contribution is -0.111. The van der Waals surface area contributed by atoms with Crippen LogP contribution in [-0.4, -0.2) is 22.2 Å². The number of amides is 1. The smallest absolute Gasteiger partial charge is 0.248 e. The molecule has 0 bridgehead atoms. The van der Waals surface area contributed by atoms with Gasteiger partial charge in [0.15, 0.2) is 0 Å². The fourth-order valence-corrected chi connectivity index (χ4v) is 2.06. The van der Waals surface area contributed by atoms with Gasteiger partial charge in [0.2, 0.25) is 5.91 Å². The molecule has 1 aromatic heterocycles. The average Bonchev–Trinajstić information content (AvgIpc) is 2.62. The largest absolute Gasteiger partial charge is 0.404 e.